The van der Waals surface area contributed by atoms with Gasteiger partial charge in [0.05, 0.1) is 5.02 Å². The lowest BCUT2D eigenvalue weighted by Crippen LogP contribution is -2.23. The predicted octanol–water partition coefficient (Wildman–Crippen LogP) is 1.49. The average Bonchev–Trinajstić information content (AvgIpc) is 2.63. The minimum atomic E-state index is -0.344. The summed E-state index contributed by atoms with van der Waals surface area (Å²) in [5.41, 5.74) is 1.62. The number of carbonyl (C=O) groups excluding carboxylic acids is 1. The van der Waals surface area contributed by atoms with Crippen LogP contribution in [0.3, 0.4) is 0 Å². The van der Waals surface area contributed by atoms with Crippen LogP contribution in [0.25, 0.3) is 0 Å². The van der Waals surface area contributed by atoms with E-state index in [0.29, 0.717) is 17.4 Å². The Morgan fingerprint density at radius 3 is 2.84 bits per heavy atom. The second kappa shape index (κ2) is 5.77. The summed E-state index contributed by atoms with van der Waals surface area (Å²) in [6.45, 7) is 1.35. The molecule has 0 aromatic heterocycles. The lowest BCUT2D eigenvalue weighted by Gasteiger charge is -2.13. The van der Waals surface area contributed by atoms with Crippen molar-refractivity contribution in [3.05, 3.63) is 22.7 Å². The zero-order chi connectivity index (χ0) is 14.0. The topological polar surface area (TPSA) is 53.6 Å². The number of halogens is 1. The summed E-state index contributed by atoms with van der Waals surface area (Å²) in [6.07, 6.45) is 0. The molecule has 2 rings (SSSR count). The van der Waals surface area contributed by atoms with Crippen molar-refractivity contribution < 1.29 is 9.53 Å². The summed E-state index contributed by atoms with van der Waals surface area (Å²) in [5.74, 6) is 0.526. The molecule has 0 radical (unpaired) electrons. The number of benzene rings is 1. The highest BCUT2D eigenvalue weighted by Crippen LogP contribution is 2.38. The number of hydrogen-bond donors (Lipinski definition) is 2. The summed E-state index contributed by atoms with van der Waals surface area (Å²) in [6, 6.07) is 3.21. The lowest BCUT2D eigenvalue weighted by atomic mass is 10.1. The first kappa shape index (κ1) is 14.1. The summed E-state index contributed by atoms with van der Waals surface area (Å²) in [4.78, 5) is 13.8. The Hall–Kier alpha value is -1.30. The Kier molecular flexibility index (Phi) is 4.29. The zero-order valence-corrected chi connectivity index (χ0v) is 12.0. The van der Waals surface area contributed by atoms with Gasteiger partial charge in [0.1, 0.15) is 18.4 Å². The van der Waals surface area contributed by atoms with E-state index in [1.54, 1.807) is 19.2 Å². The maximum atomic E-state index is 11.7. The van der Waals surface area contributed by atoms with Gasteiger partial charge in [-0.15, -0.1) is 0 Å². The van der Waals surface area contributed by atoms with Gasteiger partial charge in [0.15, 0.2) is 0 Å². The third-order valence-electron chi connectivity index (χ3n) is 3.02. The van der Waals surface area contributed by atoms with Crippen molar-refractivity contribution in [1.29, 1.82) is 0 Å². The number of ether oxygens (including phenoxy) is 1. The van der Waals surface area contributed by atoms with E-state index >= 15 is 0 Å². The van der Waals surface area contributed by atoms with Crippen molar-refractivity contribution in [3.63, 3.8) is 0 Å². The van der Waals surface area contributed by atoms with E-state index in [2.05, 4.69) is 10.6 Å². The first-order valence-electron chi connectivity index (χ1n) is 6.12. The van der Waals surface area contributed by atoms with Crippen LogP contribution in [0.2, 0.25) is 5.02 Å². The monoisotopic (exact) mass is 283 g/mol. The molecule has 0 fully saturated rings. The summed E-state index contributed by atoms with van der Waals surface area (Å²) < 4.78 is 5.63. The average molecular weight is 284 g/mol. The fraction of sp³-hybridized carbons (Fsp3) is 0.462. The van der Waals surface area contributed by atoms with E-state index in [-0.39, 0.29) is 11.9 Å². The van der Waals surface area contributed by atoms with Crippen LogP contribution >= 0.6 is 11.6 Å². The van der Waals surface area contributed by atoms with E-state index < -0.39 is 0 Å². The van der Waals surface area contributed by atoms with Gasteiger partial charge in [-0.2, -0.15) is 0 Å². The number of anilines is 1. The minimum Gasteiger partial charge on any atom is -0.491 e. The van der Waals surface area contributed by atoms with Crippen LogP contribution in [0.5, 0.6) is 5.75 Å². The van der Waals surface area contributed by atoms with Gasteiger partial charge in [-0.3, -0.25) is 4.79 Å². The molecular formula is C13H18ClN3O2. The Balaban J connectivity index is 2.16. The third-order valence-corrected chi connectivity index (χ3v) is 3.32. The molecule has 0 bridgehead atoms. The predicted molar refractivity (Wildman–Crippen MR) is 75.9 cm³/mol. The molecule has 1 heterocycles. The van der Waals surface area contributed by atoms with Crippen molar-refractivity contribution >= 4 is 23.2 Å². The fourth-order valence-corrected chi connectivity index (χ4v) is 2.22. The number of nitrogens with zero attached hydrogens (tertiary/aromatic N) is 1. The molecule has 1 aliphatic rings. The molecule has 1 unspecified atom stereocenters. The molecule has 1 aromatic rings. The minimum absolute atomic E-state index is 0.0704. The second-order valence-corrected chi connectivity index (χ2v) is 5.14. The smallest absolute Gasteiger partial charge is 0.246 e. The Bertz CT molecular complexity index is 491. The molecule has 0 saturated carbocycles. The highest BCUT2D eigenvalue weighted by atomic mass is 35.5. The first-order chi connectivity index (χ1) is 9.02. The molecule has 2 N–H and O–H groups in total. The molecule has 1 amide bonds. The van der Waals surface area contributed by atoms with Gasteiger partial charge in [0.2, 0.25) is 5.91 Å². The van der Waals surface area contributed by atoms with Crippen molar-refractivity contribution in [2.75, 3.05) is 39.6 Å². The van der Waals surface area contributed by atoms with E-state index in [9.17, 15) is 4.79 Å². The van der Waals surface area contributed by atoms with E-state index in [1.807, 2.05) is 19.0 Å². The van der Waals surface area contributed by atoms with Crippen LogP contribution in [-0.2, 0) is 4.79 Å². The largest absolute Gasteiger partial charge is 0.491 e. The van der Waals surface area contributed by atoms with Gasteiger partial charge in [0.25, 0.3) is 0 Å². The molecule has 1 atom stereocenters. The third kappa shape index (κ3) is 3.00. The maximum Gasteiger partial charge on any atom is 0.246 e. The summed E-state index contributed by atoms with van der Waals surface area (Å²) in [7, 11) is 5.70. The first-order valence-corrected chi connectivity index (χ1v) is 6.50. The van der Waals surface area contributed by atoms with E-state index in [4.69, 9.17) is 16.3 Å². The summed E-state index contributed by atoms with van der Waals surface area (Å²) >= 11 is 6.19. The number of carbonyl (C=O) groups is 1. The fourth-order valence-electron chi connectivity index (χ4n) is 2.00. The van der Waals surface area contributed by atoms with Crippen molar-refractivity contribution in [1.82, 2.24) is 10.2 Å². The van der Waals surface area contributed by atoms with Crippen molar-refractivity contribution in [3.8, 4) is 5.75 Å². The molecule has 1 aliphatic heterocycles. The van der Waals surface area contributed by atoms with Gasteiger partial charge in [-0.1, -0.05) is 11.6 Å². The molecule has 0 spiro atoms. The van der Waals surface area contributed by atoms with Crippen LogP contribution in [0.1, 0.15) is 11.6 Å². The van der Waals surface area contributed by atoms with Crippen LogP contribution in [0.4, 0.5) is 5.69 Å². The van der Waals surface area contributed by atoms with Crippen LogP contribution in [-0.4, -0.2) is 45.1 Å². The Labute approximate surface area is 117 Å². The normalized spacial score (nSPS) is 17.5. The molecule has 5 nitrogen and oxygen atoms in total. The number of rotatable bonds is 5. The Morgan fingerprint density at radius 2 is 2.21 bits per heavy atom. The highest BCUT2D eigenvalue weighted by Gasteiger charge is 2.30. The van der Waals surface area contributed by atoms with Crippen LogP contribution in [0.15, 0.2) is 12.1 Å². The van der Waals surface area contributed by atoms with Gasteiger partial charge >= 0.3 is 0 Å². The standard InChI is InChI=1S/C13H18ClN3O2/c1-15-12-8-6-9(14)11(19-5-4-17(2)3)7-10(8)16-13(12)18/h6-7,12,15H,4-5H2,1-3H3,(H,16,18). The number of fused-ring (bicyclic) bond motifs is 1. The van der Waals surface area contributed by atoms with Gasteiger partial charge in [-0.25, -0.2) is 0 Å². The van der Waals surface area contributed by atoms with Gasteiger partial charge < -0.3 is 20.3 Å². The van der Waals surface area contributed by atoms with Crippen molar-refractivity contribution in [2.24, 2.45) is 0 Å². The number of hydrogen-bond acceptors (Lipinski definition) is 4. The summed E-state index contributed by atoms with van der Waals surface area (Å²) in [5, 5.41) is 6.29. The maximum absolute atomic E-state index is 11.7. The van der Waals surface area contributed by atoms with Crippen LogP contribution in [0, 0.1) is 0 Å². The van der Waals surface area contributed by atoms with Gasteiger partial charge in [-0.05, 0) is 27.2 Å². The molecule has 19 heavy (non-hydrogen) atoms. The molecule has 6 heteroatoms. The molecule has 104 valence electrons. The number of nitrogens with one attached hydrogen (secondary N) is 2. The number of amides is 1. The highest BCUT2D eigenvalue weighted by molar-refractivity contribution is 6.32. The molecular weight excluding hydrogens is 266 g/mol. The number of likely N-dealkylation sites (N-methyl/N-ethyl adjacent to an activating group) is 2. The van der Waals surface area contributed by atoms with Crippen molar-refractivity contribution in [2.45, 2.75) is 6.04 Å². The second-order valence-electron chi connectivity index (χ2n) is 4.73. The van der Waals surface area contributed by atoms with E-state index in [0.717, 1.165) is 17.8 Å². The lowest BCUT2D eigenvalue weighted by molar-refractivity contribution is -0.117. The van der Waals surface area contributed by atoms with Gasteiger partial charge in [0, 0.05) is 23.9 Å². The molecule has 0 aliphatic carbocycles. The van der Waals surface area contributed by atoms with Crippen LogP contribution < -0.4 is 15.4 Å². The zero-order valence-electron chi connectivity index (χ0n) is 11.3. The van der Waals surface area contributed by atoms with E-state index in [1.165, 1.54) is 0 Å². The quantitative estimate of drug-likeness (QED) is 0.860. The molecule has 1 aromatic carbocycles. The SMILES string of the molecule is CNC1C(=O)Nc2cc(OCCN(C)C)c(Cl)cc21. The Morgan fingerprint density at radius 1 is 1.47 bits per heavy atom. The molecule has 0 saturated heterocycles.